The minimum Gasteiger partial charge on any atom is -0.493 e. The van der Waals surface area contributed by atoms with Crippen LogP contribution in [0, 0.1) is 0 Å². The monoisotopic (exact) mass is 276 g/mol. The number of nitrogens with one attached hydrogen (secondary N) is 1. The first kappa shape index (κ1) is 13.9. The number of hydrogen-bond donors (Lipinski definition) is 2. The van der Waals surface area contributed by atoms with E-state index in [9.17, 15) is 4.79 Å². The van der Waals surface area contributed by atoms with Gasteiger partial charge in [0.25, 0.3) is 0 Å². The Bertz CT molecular complexity index is 542. The molecule has 3 N–H and O–H groups in total. The van der Waals surface area contributed by atoms with Gasteiger partial charge >= 0.3 is 0 Å². The molecule has 0 aliphatic rings. The first-order valence-corrected chi connectivity index (χ1v) is 6.24. The van der Waals surface area contributed by atoms with E-state index in [0.29, 0.717) is 36.9 Å². The molecule has 7 nitrogen and oxygen atoms in total. The number of rotatable bonds is 7. The lowest BCUT2D eigenvalue weighted by Crippen LogP contribution is -2.27. The number of ether oxygens (including phenoxy) is 1. The van der Waals surface area contributed by atoms with E-state index in [1.54, 1.807) is 24.3 Å². The summed E-state index contributed by atoms with van der Waals surface area (Å²) in [5.41, 5.74) is 6.25. The first-order chi connectivity index (χ1) is 9.74. The van der Waals surface area contributed by atoms with Crippen molar-refractivity contribution in [3.8, 4) is 5.75 Å². The van der Waals surface area contributed by atoms with E-state index in [4.69, 9.17) is 15.0 Å². The van der Waals surface area contributed by atoms with Gasteiger partial charge in [0.05, 0.1) is 13.0 Å². The van der Waals surface area contributed by atoms with E-state index in [-0.39, 0.29) is 12.3 Å². The molecule has 0 bridgehead atoms. The Morgan fingerprint density at radius 1 is 1.45 bits per heavy atom. The summed E-state index contributed by atoms with van der Waals surface area (Å²) in [7, 11) is 0. The van der Waals surface area contributed by atoms with Gasteiger partial charge in [0, 0.05) is 24.7 Å². The van der Waals surface area contributed by atoms with Crippen molar-refractivity contribution in [3.05, 3.63) is 36.5 Å². The average molecular weight is 276 g/mol. The molecule has 1 amide bonds. The van der Waals surface area contributed by atoms with Gasteiger partial charge in [0.2, 0.25) is 11.8 Å². The average Bonchev–Trinajstić information content (AvgIpc) is 2.92. The molecule has 2 aromatic rings. The molecule has 0 spiro atoms. The number of carbonyl (C=O) groups is 1. The molecule has 2 rings (SSSR count). The maximum absolute atomic E-state index is 11.5. The lowest BCUT2D eigenvalue weighted by Gasteiger charge is -2.07. The Morgan fingerprint density at radius 3 is 3.10 bits per heavy atom. The van der Waals surface area contributed by atoms with Gasteiger partial charge in [-0.15, -0.1) is 0 Å². The highest BCUT2D eigenvalue weighted by atomic mass is 16.5. The van der Waals surface area contributed by atoms with Crippen molar-refractivity contribution in [3.63, 3.8) is 0 Å². The molecule has 7 heteroatoms. The van der Waals surface area contributed by atoms with Crippen molar-refractivity contribution in [2.45, 2.75) is 12.8 Å². The number of carbonyl (C=O) groups excluding carboxylic acids is 1. The second kappa shape index (κ2) is 7.13. The third-order valence-corrected chi connectivity index (χ3v) is 2.52. The number of benzene rings is 1. The first-order valence-electron chi connectivity index (χ1n) is 6.24. The summed E-state index contributed by atoms with van der Waals surface area (Å²) in [6.45, 7) is 0.759. The minimum atomic E-state index is -0.0894. The smallest absolute Gasteiger partial charge is 0.228 e. The molecule has 0 atom stereocenters. The second-order valence-electron chi connectivity index (χ2n) is 4.11. The molecular formula is C13H16N4O3. The number of hydrogen-bond acceptors (Lipinski definition) is 6. The fourth-order valence-corrected chi connectivity index (χ4v) is 1.57. The largest absolute Gasteiger partial charge is 0.493 e. The highest BCUT2D eigenvalue weighted by Gasteiger charge is 2.04. The van der Waals surface area contributed by atoms with Crippen molar-refractivity contribution < 1.29 is 14.1 Å². The van der Waals surface area contributed by atoms with Crippen LogP contribution in [0.2, 0.25) is 0 Å². The van der Waals surface area contributed by atoms with Crippen molar-refractivity contribution >= 4 is 11.6 Å². The third kappa shape index (κ3) is 4.60. The van der Waals surface area contributed by atoms with Crippen LogP contribution in [-0.2, 0) is 11.2 Å². The quantitative estimate of drug-likeness (QED) is 0.724. The van der Waals surface area contributed by atoms with Gasteiger partial charge < -0.3 is 20.3 Å². The van der Waals surface area contributed by atoms with Gasteiger partial charge in [-0.3, -0.25) is 4.79 Å². The summed E-state index contributed by atoms with van der Waals surface area (Å²) in [5.74, 6) is 1.07. The molecule has 0 saturated heterocycles. The van der Waals surface area contributed by atoms with E-state index in [1.807, 2.05) is 0 Å². The number of nitrogens with two attached hydrogens (primary N) is 1. The molecule has 1 heterocycles. The second-order valence-corrected chi connectivity index (χ2v) is 4.11. The molecule has 1 aromatic heterocycles. The summed E-state index contributed by atoms with van der Waals surface area (Å²) < 4.78 is 10.2. The number of amides is 1. The van der Waals surface area contributed by atoms with Crippen LogP contribution in [0.15, 0.2) is 35.1 Å². The van der Waals surface area contributed by atoms with Gasteiger partial charge in [-0.1, -0.05) is 11.2 Å². The van der Waals surface area contributed by atoms with E-state index in [2.05, 4.69) is 15.5 Å². The van der Waals surface area contributed by atoms with Crippen molar-refractivity contribution in [1.29, 1.82) is 0 Å². The van der Waals surface area contributed by atoms with Crippen LogP contribution in [0.1, 0.15) is 12.3 Å². The maximum atomic E-state index is 11.5. The lowest BCUT2D eigenvalue weighted by atomic mass is 10.3. The van der Waals surface area contributed by atoms with E-state index in [0.717, 1.165) is 0 Å². The van der Waals surface area contributed by atoms with Crippen LogP contribution in [0.4, 0.5) is 5.69 Å². The normalized spacial score (nSPS) is 10.2. The van der Waals surface area contributed by atoms with Gasteiger partial charge in [0.1, 0.15) is 5.75 Å². The van der Waals surface area contributed by atoms with E-state index >= 15 is 0 Å². The predicted octanol–water partition coefficient (Wildman–Crippen LogP) is 0.780. The summed E-state index contributed by atoms with van der Waals surface area (Å²) in [6, 6.07) is 7.09. The number of anilines is 1. The highest BCUT2D eigenvalue weighted by Crippen LogP contribution is 2.14. The lowest BCUT2D eigenvalue weighted by molar-refractivity contribution is -0.121. The summed E-state index contributed by atoms with van der Waals surface area (Å²) in [5, 5.41) is 6.23. The molecule has 106 valence electrons. The Kier molecular flexibility index (Phi) is 4.94. The van der Waals surface area contributed by atoms with Gasteiger partial charge in [0.15, 0.2) is 6.33 Å². The van der Waals surface area contributed by atoms with Crippen molar-refractivity contribution in [1.82, 2.24) is 15.5 Å². The fourth-order valence-electron chi connectivity index (χ4n) is 1.57. The zero-order valence-corrected chi connectivity index (χ0v) is 10.9. The summed E-state index contributed by atoms with van der Waals surface area (Å²) in [6.07, 6.45) is 2.12. The van der Waals surface area contributed by atoms with E-state index < -0.39 is 0 Å². The van der Waals surface area contributed by atoms with Crippen LogP contribution in [0.3, 0.4) is 0 Å². The van der Waals surface area contributed by atoms with Gasteiger partial charge in [-0.2, -0.15) is 4.98 Å². The third-order valence-electron chi connectivity index (χ3n) is 2.52. The Labute approximate surface area is 116 Å². The van der Waals surface area contributed by atoms with Crippen LogP contribution >= 0.6 is 0 Å². The zero-order chi connectivity index (χ0) is 14.2. The molecule has 0 fully saturated rings. The highest BCUT2D eigenvalue weighted by molar-refractivity contribution is 5.75. The summed E-state index contributed by atoms with van der Waals surface area (Å²) >= 11 is 0. The predicted molar refractivity (Wildman–Crippen MR) is 72.0 cm³/mol. The van der Waals surface area contributed by atoms with Crippen LogP contribution in [0.25, 0.3) is 0 Å². The number of nitrogen functional groups attached to an aromatic ring is 1. The molecule has 20 heavy (non-hydrogen) atoms. The van der Waals surface area contributed by atoms with Crippen LogP contribution in [0.5, 0.6) is 5.75 Å². The molecule has 0 aliphatic carbocycles. The summed E-state index contributed by atoms with van der Waals surface area (Å²) in [4.78, 5) is 15.4. The number of aromatic nitrogens is 2. The van der Waals surface area contributed by atoms with Crippen LogP contribution in [-0.4, -0.2) is 29.2 Å². The molecule has 0 radical (unpaired) electrons. The van der Waals surface area contributed by atoms with Crippen molar-refractivity contribution in [2.24, 2.45) is 0 Å². The van der Waals surface area contributed by atoms with Crippen LogP contribution < -0.4 is 15.8 Å². The zero-order valence-electron chi connectivity index (χ0n) is 10.9. The molecule has 0 unspecified atom stereocenters. The Hall–Kier alpha value is -2.57. The molecule has 0 aliphatic heterocycles. The molecular weight excluding hydrogens is 260 g/mol. The fraction of sp³-hybridized carbons (Fsp3) is 0.308. The molecule has 1 aromatic carbocycles. The van der Waals surface area contributed by atoms with E-state index in [1.165, 1.54) is 6.33 Å². The standard InChI is InChI=1S/C13H16N4O3/c14-10-2-1-3-11(8-10)19-7-5-12(18)15-6-4-13-16-9-17-20-13/h1-3,8-9H,4-7,14H2,(H,15,18). The number of nitrogens with zero attached hydrogens (tertiary/aromatic N) is 2. The maximum Gasteiger partial charge on any atom is 0.228 e. The van der Waals surface area contributed by atoms with Crippen molar-refractivity contribution in [2.75, 3.05) is 18.9 Å². The Balaban J connectivity index is 1.60. The Morgan fingerprint density at radius 2 is 2.35 bits per heavy atom. The minimum absolute atomic E-state index is 0.0894. The topological polar surface area (TPSA) is 103 Å². The van der Waals surface area contributed by atoms with Gasteiger partial charge in [-0.05, 0) is 12.1 Å². The van der Waals surface area contributed by atoms with Gasteiger partial charge in [-0.25, -0.2) is 0 Å². The SMILES string of the molecule is Nc1cccc(OCCC(=O)NCCc2ncno2)c1. The molecule has 0 saturated carbocycles.